The topological polar surface area (TPSA) is 99.3 Å². The number of ether oxygens (including phenoxy) is 1. The molecule has 0 bridgehead atoms. The molecule has 9 heteroatoms. The highest BCUT2D eigenvalue weighted by Crippen LogP contribution is 2.29. The molecule has 0 unspecified atom stereocenters. The van der Waals surface area contributed by atoms with Crippen molar-refractivity contribution in [2.75, 3.05) is 0 Å². The van der Waals surface area contributed by atoms with E-state index in [2.05, 4.69) is 5.32 Å². The van der Waals surface area contributed by atoms with Crippen molar-refractivity contribution in [2.45, 2.75) is 13.2 Å². The van der Waals surface area contributed by atoms with E-state index in [1.807, 2.05) is 71.5 Å². The molecule has 5 aromatic rings. The van der Waals surface area contributed by atoms with Crippen LogP contribution < -0.4 is 10.1 Å². The summed E-state index contributed by atoms with van der Waals surface area (Å²) in [5, 5.41) is 18.8. The van der Waals surface area contributed by atoms with Crippen molar-refractivity contribution >= 4 is 23.2 Å². The zero-order chi connectivity index (χ0) is 27.2. The number of nitrogens with zero attached hydrogens (tertiary/aromatic N) is 3. The average Bonchev–Trinajstić information content (AvgIpc) is 3.41. The lowest BCUT2D eigenvalue weighted by Gasteiger charge is -2.09. The molecule has 1 heterocycles. The number of halogens is 1. The second kappa shape index (κ2) is 11.6. The fourth-order valence-electron chi connectivity index (χ4n) is 4.00. The van der Waals surface area contributed by atoms with Crippen molar-refractivity contribution in [1.82, 2.24) is 15.1 Å². The molecule has 0 radical (unpaired) electrons. The lowest BCUT2D eigenvalue weighted by Crippen LogP contribution is -2.22. The van der Waals surface area contributed by atoms with Crippen molar-refractivity contribution in [3.8, 4) is 22.7 Å². The van der Waals surface area contributed by atoms with Gasteiger partial charge in [-0.2, -0.15) is 5.10 Å². The van der Waals surface area contributed by atoms with Crippen LogP contribution in [-0.4, -0.2) is 20.6 Å². The molecule has 194 valence electrons. The van der Waals surface area contributed by atoms with Crippen LogP contribution in [0, 0.1) is 10.1 Å². The van der Waals surface area contributed by atoms with Crippen molar-refractivity contribution in [3.05, 3.63) is 141 Å². The minimum Gasteiger partial charge on any atom is -0.487 e. The van der Waals surface area contributed by atoms with Gasteiger partial charge in [-0.25, -0.2) is 4.68 Å². The van der Waals surface area contributed by atoms with Gasteiger partial charge >= 0.3 is 0 Å². The average molecular weight is 539 g/mol. The van der Waals surface area contributed by atoms with Gasteiger partial charge in [-0.15, -0.1) is 0 Å². The second-order valence-electron chi connectivity index (χ2n) is 8.69. The molecule has 0 spiro atoms. The van der Waals surface area contributed by atoms with Crippen LogP contribution in [-0.2, 0) is 13.2 Å². The maximum absolute atomic E-state index is 12.9. The standard InChI is InChI=1S/C30H23ClN4O4/c31-27-17-26(35(37)38)15-16-28(27)39-20-21-11-13-23(14-12-21)30(36)32-18-24-19-34(25-9-5-2-6-10-25)33-29(24)22-7-3-1-4-8-22/h1-17,19H,18,20H2,(H,32,36). The van der Waals surface area contributed by atoms with E-state index in [9.17, 15) is 14.9 Å². The molecular formula is C30H23ClN4O4. The van der Waals surface area contributed by atoms with Crippen LogP contribution in [0.15, 0.2) is 109 Å². The number of nitro benzene ring substituents is 1. The third-order valence-corrected chi connectivity index (χ3v) is 6.33. The van der Waals surface area contributed by atoms with Crippen LogP contribution in [0.1, 0.15) is 21.5 Å². The normalized spacial score (nSPS) is 10.7. The van der Waals surface area contributed by atoms with Gasteiger partial charge in [0.05, 0.1) is 21.3 Å². The van der Waals surface area contributed by atoms with Gasteiger partial charge in [0.1, 0.15) is 12.4 Å². The Balaban J connectivity index is 1.25. The van der Waals surface area contributed by atoms with Gasteiger partial charge in [-0.05, 0) is 35.9 Å². The van der Waals surface area contributed by atoms with Crippen LogP contribution >= 0.6 is 11.6 Å². The van der Waals surface area contributed by atoms with Gasteiger partial charge in [0.25, 0.3) is 11.6 Å². The van der Waals surface area contributed by atoms with Gasteiger partial charge in [0, 0.05) is 41.6 Å². The number of aromatic nitrogens is 2. The smallest absolute Gasteiger partial charge is 0.271 e. The molecule has 0 aliphatic rings. The Labute approximate surface area is 229 Å². The summed E-state index contributed by atoms with van der Waals surface area (Å²) in [6.45, 7) is 0.498. The maximum atomic E-state index is 12.9. The molecule has 1 N–H and O–H groups in total. The molecule has 0 aliphatic heterocycles. The number of para-hydroxylation sites is 1. The van der Waals surface area contributed by atoms with E-state index in [4.69, 9.17) is 21.4 Å². The third-order valence-electron chi connectivity index (χ3n) is 6.03. The highest BCUT2D eigenvalue weighted by Gasteiger charge is 2.15. The van der Waals surface area contributed by atoms with Crippen LogP contribution in [0.5, 0.6) is 5.75 Å². The first kappa shape index (κ1) is 25.7. The SMILES string of the molecule is O=C(NCc1cn(-c2ccccc2)nc1-c1ccccc1)c1ccc(COc2ccc([N+](=O)[O-])cc2Cl)cc1. The summed E-state index contributed by atoms with van der Waals surface area (Å²) in [5.74, 6) is 0.127. The molecule has 1 amide bonds. The molecule has 39 heavy (non-hydrogen) atoms. The Morgan fingerprint density at radius 2 is 1.64 bits per heavy atom. The summed E-state index contributed by atoms with van der Waals surface area (Å²) < 4.78 is 7.51. The monoisotopic (exact) mass is 538 g/mol. The van der Waals surface area contributed by atoms with E-state index in [1.54, 1.807) is 24.3 Å². The Morgan fingerprint density at radius 3 is 2.31 bits per heavy atom. The second-order valence-corrected chi connectivity index (χ2v) is 9.10. The number of amides is 1. The number of carbonyl (C=O) groups is 1. The zero-order valence-corrected chi connectivity index (χ0v) is 21.4. The molecule has 0 fully saturated rings. The number of nitro groups is 1. The highest BCUT2D eigenvalue weighted by molar-refractivity contribution is 6.32. The zero-order valence-electron chi connectivity index (χ0n) is 20.7. The van der Waals surface area contributed by atoms with Gasteiger partial charge in [-0.1, -0.05) is 72.3 Å². The lowest BCUT2D eigenvalue weighted by molar-refractivity contribution is -0.384. The van der Waals surface area contributed by atoms with E-state index < -0.39 is 4.92 Å². The van der Waals surface area contributed by atoms with E-state index >= 15 is 0 Å². The summed E-state index contributed by atoms with van der Waals surface area (Å²) in [7, 11) is 0. The van der Waals surface area contributed by atoms with E-state index in [1.165, 1.54) is 18.2 Å². The minimum atomic E-state index is -0.517. The fraction of sp³-hybridized carbons (Fsp3) is 0.0667. The number of rotatable bonds is 9. The Bertz CT molecular complexity index is 1600. The summed E-state index contributed by atoms with van der Waals surface area (Å²) in [5.41, 5.74) is 4.81. The largest absolute Gasteiger partial charge is 0.487 e. The van der Waals surface area contributed by atoms with Crippen LogP contribution in [0.2, 0.25) is 5.02 Å². The van der Waals surface area contributed by atoms with Crippen LogP contribution in [0.25, 0.3) is 16.9 Å². The molecule has 0 atom stereocenters. The highest BCUT2D eigenvalue weighted by atomic mass is 35.5. The maximum Gasteiger partial charge on any atom is 0.271 e. The van der Waals surface area contributed by atoms with Gasteiger partial charge < -0.3 is 10.1 Å². The predicted molar refractivity (Wildman–Crippen MR) is 149 cm³/mol. The molecule has 0 aliphatic carbocycles. The van der Waals surface area contributed by atoms with Gasteiger partial charge in [-0.3, -0.25) is 14.9 Å². The number of hydrogen-bond acceptors (Lipinski definition) is 5. The first-order valence-corrected chi connectivity index (χ1v) is 12.5. The quantitative estimate of drug-likeness (QED) is 0.168. The predicted octanol–water partition coefficient (Wildman–Crippen LogP) is 6.61. The van der Waals surface area contributed by atoms with Crippen molar-refractivity contribution in [1.29, 1.82) is 0 Å². The Kier molecular flexibility index (Phi) is 7.65. The van der Waals surface area contributed by atoms with Gasteiger partial charge in [0.2, 0.25) is 0 Å². The van der Waals surface area contributed by atoms with E-state index in [0.717, 1.165) is 28.1 Å². The molecule has 1 aromatic heterocycles. The molecule has 4 aromatic carbocycles. The van der Waals surface area contributed by atoms with Crippen molar-refractivity contribution in [2.24, 2.45) is 0 Å². The van der Waals surface area contributed by atoms with E-state index in [-0.39, 0.29) is 23.2 Å². The van der Waals surface area contributed by atoms with Crippen LogP contribution in [0.4, 0.5) is 5.69 Å². The third kappa shape index (κ3) is 6.14. The first-order chi connectivity index (χ1) is 19.0. The molecule has 0 saturated carbocycles. The fourth-order valence-corrected chi connectivity index (χ4v) is 4.23. The molecule has 0 saturated heterocycles. The summed E-state index contributed by atoms with van der Waals surface area (Å²) in [6.07, 6.45) is 1.93. The summed E-state index contributed by atoms with van der Waals surface area (Å²) >= 11 is 6.09. The number of non-ortho nitro benzene ring substituents is 1. The van der Waals surface area contributed by atoms with Crippen molar-refractivity contribution in [3.63, 3.8) is 0 Å². The summed E-state index contributed by atoms with van der Waals surface area (Å²) in [4.78, 5) is 23.3. The molecular weight excluding hydrogens is 516 g/mol. The minimum absolute atomic E-state index is 0.106. The number of carbonyl (C=O) groups excluding carboxylic acids is 1. The molecule has 8 nitrogen and oxygen atoms in total. The number of benzene rings is 4. The molecule has 5 rings (SSSR count). The Morgan fingerprint density at radius 1 is 0.949 bits per heavy atom. The number of nitrogens with one attached hydrogen (secondary N) is 1. The Hall–Kier alpha value is -4.95. The van der Waals surface area contributed by atoms with Crippen LogP contribution in [0.3, 0.4) is 0 Å². The van der Waals surface area contributed by atoms with Gasteiger partial charge in [0.15, 0.2) is 0 Å². The summed E-state index contributed by atoms with van der Waals surface area (Å²) in [6, 6.07) is 30.7. The number of hydrogen-bond donors (Lipinski definition) is 1. The van der Waals surface area contributed by atoms with Crippen molar-refractivity contribution < 1.29 is 14.5 Å². The lowest BCUT2D eigenvalue weighted by atomic mass is 10.1. The van der Waals surface area contributed by atoms with E-state index in [0.29, 0.717) is 17.9 Å². The first-order valence-electron chi connectivity index (χ1n) is 12.1.